The van der Waals surface area contributed by atoms with E-state index in [1.165, 1.54) is 6.07 Å². The monoisotopic (exact) mass is 291 g/mol. The maximum Gasteiger partial charge on any atom is 0.252 e. The molecule has 1 N–H and O–H groups in total. The first kappa shape index (κ1) is 15.4. The van der Waals surface area contributed by atoms with E-state index in [0.29, 0.717) is 4.31 Å². The molecule has 0 aliphatic rings. The number of rotatable bonds is 6. The second-order valence-corrected chi connectivity index (χ2v) is 5.41. The average Bonchev–Trinajstić information content (AvgIpc) is 2.38. The van der Waals surface area contributed by atoms with Crippen LogP contribution in [0.15, 0.2) is 23.2 Å². The molecule has 0 saturated heterocycles. The molecule has 0 amide bonds. The summed E-state index contributed by atoms with van der Waals surface area (Å²) in [5, 5.41) is 17.3. The summed E-state index contributed by atoms with van der Waals surface area (Å²) < 4.78 is 49.2. The van der Waals surface area contributed by atoms with Crippen molar-refractivity contribution in [3.05, 3.63) is 24.0 Å². The predicted octanol–water partition coefficient (Wildman–Crippen LogP) is 0.201. The molecule has 0 atom stereocenters. The summed E-state index contributed by atoms with van der Waals surface area (Å²) in [7, 11) is -4.16. The van der Waals surface area contributed by atoms with Crippen LogP contribution in [0.25, 0.3) is 0 Å². The van der Waals surface area contributed by atoms with Crippen molar-refractivity contribution in [2.45, 2.75) is 11.3 Å². The Labute approximate surface area is 109 Å². The molecule has 1 aromatic heterocycles. The van der Waals surface area contributed by atoms with E-state index >= 15 is 0 Å². The lowest BCUT2D eigenvalue weighted by Crippen LogP contribution is -2.37. The Balaban J connectivity index is 3.07. The Morgan fingerprint density at radius 2 is 2.16 bits per heavy atom. The van der Waals surface area contributed by atoms with E-state index in [4.69, 9.17) is 10.4 Å². The number of hydrogen-bond donors (Lipinski definition) is 1. The van der Waals surface area contributed by atoms with Gasteiger partial charge in [-0.05, 0) is 12.1 Å². The lowest BCUT2D eigenvalue weighted by molar-refractivity contribution is 0.113. The zero-order valence-corrected chi connectivity index (χ0v) is 10.5. The number of aliphatic hydroxyl groups excluding tert-OH is 1. The highest BCUT2D eigenvalue weighted by atomic mass is 32.2. The highest BCUT2D eigenvalue weighted by Gasteiger charge is 2.27. The molecule has 1 aromatic rings. The Hall–Kier alpha value is -1.63. The van der Waals surface area contributed by atoms with Gasteiger partial charge in [0.2, 0.25) is 10.0 Å². The summed E-state index contributed by atoms with van der Waals surface area (Å²) in [6, 6.07) is 3.99. The van der Waals surface area contributed by atoms with Crippen LogP contribution in [0.5, 0.6) is 0 Å². The fraction of sp³-hybridized carbons (Fsp3) is 0.400. The molecule has 0 aliphatic carbocycles. The highest BCUT2D eigenvalue weighted by Crippen LogP contribution is 2.16. The highest BCUT2D eigenvalue weighted by molar-refractivity contribution is 7.89. The van der Waals surface area contributed by atoms with Gasteiger partial charge in [0, 0.05) is 12.7 Å². The van der Waals surface area contributed by atoms with Crippen LogP contribution in [0, 0.1) is 11.3 Å². The number of alkyl halides is 2. The molecular weight excluding hydrogens is 280 g/mol. The minimum Gasteiger partial charge on any atom is -0.395 e. The smallest absolute Gasteiger partial charge is 0.252 e. The summed E-state index contributed by atoms with van der Waals surface area (Å²) in [5.41, 5.74) is 0.0153. The molecule has 0 aliphatic heterocycles. The number of halogens is 2. The second-order valence-electron chi connectivity index (χ2n) is 3.47. The van der Waals surface area contributed by atoms with Crippen LogP contribution >= 0.6 is 0 Å². The maximum absolute atomic E-state index is 12.3. The topological polar surface area (TPSA) is 94.3 Å². The fourth-order valence-electron chi connectivity index (χ4n) is 1.32. The first-order valence-corrected chi connectivity index (χ1v) is 6.61. The Bertz CT molecular complexity index is 554. The number of aromatic nitrogens is 1. The second kappa shape index (κ2) is 6.51. The normalized spacial score (nSPS) is 11.8. The molecule has 1 heterocycles. The van der Waals surface area contributed by atoms with Gasteiger partial charge >= 0.3 is 0 Å². The SMILES string of the molecule is N#Cc1ccc(S(=O)(=O)N(CCO)CC(F)F)cn1. The summed E-state index contributed by atoms with van der Waals surface area (Å²) in [4.78, 5) is 3.26. The van der Waals surface area contributed by atoms with Crippen molar-refractivity contribution in [3.8, 4) is 6.07 Å². The van der Waals surface area contributed by atoms with Gasteiger partial charge in [0.15, 0.2) is 0 Å². The lowest BCUT2D eigenvalue weighted by Gasteiger charge is -2.20. The van der Waals surface area contributed by atoms with Crippen LogP contribution in [-0.4, -0.2) is 48.9 Å². The van der Waals surface area contributed by atoms with E-state index in [0.717, 1.165) is 12.3 Å². The molecule has 0 bridgehead atoms. The number of nitriles is 1. The van der Waals surface area contributed by atoms with E-state index in [1.54, 1.807) is 6.07 Å². The van der Waals surface area contributed by atoms with Gasteiger partial charge < -0.3 is 5.11 Å². The Morgan fingerprint density at radius 1 is 1.47 bits per heavy atom. The van der Waals surface area contributed by atoms with Gasteiger partial charge in [-0.2, -0.15) is 9.57 Å². The molecular formula is C10H11F2N3O3S. The largest absolute Gasteiger partial charge is 0.395 e. The minimum atomic E-state index is -4.16. The summed E-state index contributed by atoms with van der Waals surface area (Å²) in [6.07, 6.45) is -1.93. The molecule has 0 fully saturated rings. The van der Waals surface area contributed by atoms with Gasteiger partial charge in [0.05, 0.1) is 13.2 Å². The van der Waals surface area contributed by atoms with Gasteiger partial charge in [0.1, 0.15) is 16.7 Å². The third-order valence-electron chi connectivity index (χ3n) is 2.18. The minimum absolute atomic E-state index is 0.0153. The van der Waals surface area contributed by atoms with E-state index in [-0.39, 0.29) is 10.6 Å². The van der Waals surface area contributed by atoms with Crippen molar-refractivity contribution in [1.29, 1.82) is 5.26 Å². The van der Waals surface area contributed by atoms with Crippen LogP contribution in [0.3, 0.4) is 0 Å². The molecule has 0 unspecified atom stereocenters. The molecule has 0 radical (unpaired) electrons. The predicted molar refractivity (Wildman–Crippen MR) is 60.8 cm³/mol. The maximum atomic E-state index is 12.3. The first-order chi connectivity index (χ1) is 8.91. The number of hydrogen-bond acceptors (Lipinski definition) is 5. The van der Waals surface area contributed by atoms with Crippen LogP contribution in [0.4, 0.5) is 8.78 Å². The first-order valence-electron chi connectivity index (χ1n) is 5.17. The molecule has 1 rings (SSSR count). The Kier molecular flexibility index (Phi) is 5.29. The number of nitrogens with zero attached hydrogens (tertiary/aromatic N) is 3. The van der Waals surface area contributed by atoms with Crippen molar-refractivity contribution in [1.82, 2.24) is 9.29 Å². The number of aliphatic hydroxyl groups is 1. The number of sulfonamides is 1. The molecule has 0 aromatic carbocycles. The molecule has 19 heavy (non-hydrogen) atoms. The van der Waals surface area contributed by atoms with Crippen LogP contribution in [0.1, 0.15) is 5.69 Å². The average molecular weight is 291 g/mol. The summed E-state index contributed by atoms with van der Waals surface area (Å²) in [6.45, 7) is -2.02. The summed E-state index contributed by atoms with van der Waals surface area (Å²) in [5.74, 6) is 0. The van der Waals surface area contributed by atoms with Crippen molar-refractivity contribution in [3.63, 3.8) is 0 Å². The number of pyridine rings is 1. The summed E-state index contributed by atoms with van der Waals surface area (Å²) >= 11 is 0. The van der Waals surface area contributed by atoms with Crippen molar-refractivity contribution < 1.29 is 22.3 Å². The quantitative estimate of drug-likeness (QED) is 0.808. The Morgan fingerprint density at radius 3 is 2.58 bits per heavy atom. The molecule has 0 saturated carbocycles. The van der Waals surface area contributed by atoms with Crippen LogP contribution in [0.2, 0.25) is 0 Å². The van der Waals surface area contributed by atoms with E-state index in [9.17, 15) is 17.2 Å². The van der Waals surface area contributed by atoms with Crippen molar-refractivity contribution in [2.75, 3.05) is 19.7 Å². The van der Waals surface area contributed by atoms with Gasteiger partial charge in [0.25, 0.3) is 6.43 Å². The zero-order chi connectivity index (χ0) is 14.5. The van der Waals surface area contributed by atoms with Gasteiger partial charge in [-0.3, -0.25) is 0 Å². The van der Waals surface area contributed by atoms with Crippen LogP contribution in [-0.2, 0) is 10.0 Å². The van der Waals surface area contributed by atoms with Crippen molar-refractivity contribution >= 4 is 10.0 Å². The van der Waals surface area contributed by atoms with Gasteiger partial charge in [-0.1, -0.05) is 0 Å². The lowest BCUT2D eigenvalue weighted by atomic mass is 10.4. The molecule has 6 nitrogen and oxygen atoms in total. The zero-order valence-electron chi connectivity index (χ0n) is 9.70. The molecule has 9 heteroatoms. The molecule has 104 valence electrons. The van der Waals surface area contributed by atoms with E-state index in [2.05, 4.69) is 4.98 Å². The van der Waals surface area contributed by atoms with E-state index < -0.39 is 36.1 Å². The standard InChI is InChI=1S/C10H11F2N3O3S/c11-10(12)7-15(3-4-16)19(17,18)9-2-1-8(5-13)14-6-9/h1-2,6,10,16H,3-4,7H2. The van der Waals surface area contributed by atoms with Crippen LogP contribution < -0.4 is 0 Å². The third kappa shape index (κ3) is 3.92. The molecule has 0 spiro atoms. The van der Waals surface area contributed by atoms with Gasteiger partial charge in [-0.15, -0.1) is 0 Å². The van der Waals surface area contributed by atoms with E-state index in [1.807, 2.05) is 0 Å². The fourth-order valence-corrected chi connectivity index (χ4v) is 2.68. The van der Waals surface area contributed by atoms with Crippen molar-refractivity contribution in [2.24, 2.45) is 0 Å². The third-order valence-corrected chi connectivity index (χ3v) is 4.03. The van der Waals surface area contributed by atoms with Gasteiger partial charge in [-0.25, -0.2) is 22.2 Å².